The molecule has 0 aliphatic carbocycles. The smallest absolute Gasteiger partial charge is 0.455 e. The molecule has 44 heavy (non-hydrogen) atoms. The molecule has 0 N–H and O–H groups in total. The van der Waals surface area contributed by atoms with Crippen molar-refractivity contribution < 1.29 is 21.8 Å². The number of ether oxygens (including phenoxy) is 1. The van der Waals surface area contributed by atoms with Crippen molar-refractivity contribution >= 4 is 70.3 Å². The molecule has 0 amide bonds. The van der Waals surface area contributed by atoms with Gasteiger partial charge in [-0.1, -0.05) is 153 Å². The van der Waals surface area contributed by atoms with Crippen LogP contribution in [0.3, 0.4) is 0 Å². The summed E-state index contributed by atoms with van der Waals surface area (Å²) in [6.45, 7) is 4.73. The Kier molecular flexibility index (Phi) is 9.44. The van der Waals surface area contributed by atoms with E-state index in [9.17, 15) is 0 Å². The Labute approximate surface area is 287 Å². The van der Waals surface area contributed by atoms with Crippen molar-refractivity contribution in [1.82, 2.24) is 0 Å². The number of benzene rings is 6. The minimum Gasteiger partial charge on any atom is -0.455 e. The van der Waals surface area contributed by atoms with Crippen LogP contribution < -0.4 is 36.6 Å². The standard InChI is InChI=1S/C39H31IOP2.Cu/c1-39(2)32-24-15-25-34(42(28-16-7-3-8-17-28)29-18-9-4-10-19-29)37(32)41-38-35(27-26-33(40)36(38)39)43(30-20-11-5-12-21-30)31-22-13-6-14-23-31;/h3-27H,1-2H3;/q;+1. The van der Waals surface area contributed by atoms with Gasteiger partial charge in [0, 0.05) is 30.7 Å². The van der Waals surface area contributed by atoms with E-state index >= 15 is 0 Å². The molecule has 1 heterocycles. The number of rotatable bonds is 6. The second kappa shape index (κ2) is 13.3. The molecule has 6 aromatic rings. The molecule has 1 nitrogen and oxygen atoms in total. The van der Waals surface area contributed by atoms with E-state index < -0.39 is 15.8 Å². The van der Waals surface area contributed by atoms with Crippen LogP contribution >= 0.6 is 38.4 Å². The zero-order valence-electron chi connectivity index (χ0n) is 24.4. The molecule has 7 rings (SSSR count). The van der Waals surface area contributed by atoms with Gasteiger partial charge in [-0.25, -0.2) is 0 Å². The van der Waals surface area contributed by atoms with Crippen molar-refractivity contribution in [3.8, 4) is 11.5 Å². The van der Waals surface area contributed by atoms with Crippen molar-refractivity contribution in [3.63, 3.8) is 0 Å². The van der Waals surface area contributed by atoms with E-state index in [4.69, 9.17) is 4.74 Å². The molecule has 0 spiro atoms. The van der Waals surface area contributed by atoms with Crippen molar-refractivity contribution in [3.05, 3.63) is 166 Å². The third-order valence-electron chi connectivity index (χ3n) is 8.12. The Balaban J connectivity index is 0.00000343. The molecular formula is C39H31CuIOP2+. The largest absolute Gasteiger partial charge is 1.00 e. The number of fused-ring (bicyclic) bond motifs is 2. The number of hydrogen-bond acceptors (Lipinski definition) is 1. The van der Waals surface area contributed by atoms with Crippen LogP contribution in [0.25, 0.3) is 0 Å². The summed E-state index contributed by atoms with van der Waals surface area (Å²) >= 11 is 2.51. The maximum Gasteiger partial charge on any atom is 1.00 e. The zero-order chi connectivity index (χ0) is 29.4. The van der Waals surface area contributed by atoms with Crippen molar-refractivity contribution in [2.24, 2.45) is 0 Å². The molecule has 0 fully saturated rings. The molecule has 1 aliphatic rings. The van der Waals surface area contributed by atoms with E-state index in [2.05, 4.69) is 188 Å². The van der Waals surface area contributed by atoms with Gasteiger partial charge in [0.15, 0.2) is 0 Å². The first-order chi connectivity index (χ1) is 21.0. The fourth-order valence-corrected chi connectivity index (χ4v) is 12.0. The van der Waals surface area contributed by atoms with Crippen LogP contribution in [0, 0.1) is 3.57 Å². The van der Waals surface area contributed by atoms with Crippen LogP contribution in [0.4, 0.5) is 0 Å². The monoisotopic (exact) mass is 767 g/mol. The van der Waals surface area contributed by atoms with Gasteiger partial charge in [-0.05, 0) is 71.8 Å². The van der Waals surface area contributed by atoms with E-state index in [1.807, 2.05) is 0 Å². The van der Waals surface area contributed by atoms with Gasteiger partial charge in [-0.2, -0.15) is 0 Å². The van der Waals surface area contributed by atoms with Crippen molar-refractivity contribution in [1.29, 1.82) is 0 Å². The van der Waals surface area contributed by atoms with Crippen LogP contribution in [0.5, 0.6) is 11.5 Å². The Morgan fingerprint density at radius 2 is 0.886 bits per heavy atom. The molecule has 0 radical (unpaired) electrons. The summed E-state index contributed by atoms with van der Waals surface area (Å²) in [4.78, 5) is 0. The van der Waals surface area contributed by atoms with Gasteiger partial charge in [0.1, 0.15) is 11.5 Å². The van der Waals surface area contributed by atoms with E-state index in [0.29, 0.717) is 0 Å². The van der Waals surface area contributed by atoms with Gasteiger partial charge in [0.25, 0.3) is 0 Å². The number of para-hydroxylation sites is 1. The van der Waals surface area contributed by atoms with Crippen molar-refractivity contribution in [2.75, 3.05) is 0 Å². The van der Waals surface area contributed by atoms with Crippen LogP contribution in [-0.2, 0) is 22.5 Å². The predicted octanol–water partition coefficient (Wildman–Crippen LogP) is 8.24. The summed E-state index contributed by atoms with van der Waals surface area (Å²) in [6.07, 6.45) is 0. The molecule has 0 atom stereocenters. The molecular weight excluding hydrogens is 737 g/mol. The zero-order valence-corrected chi connectivity index (χ0v) is 29.3. The fourth-order valence-electron chi connectivity index (χ4n) is 6.11. The molecule has 0 saturated carbocycles. The average molecular weight is 768 g/mol. The second-order valence-electron chi connectivity index (χ2n) is 11.2. The minimum atomic E-state index is -0.839. The van der Waals surface area contributed by atoms with Gasteiger partial charge in [0.2, 0.25) is 0 Å². The molecule has 0 unspecified atom stereocenters. The Bertz CT molecular complexity index is 1800. The summed E-state index contributed by atoms with van der Waals surface area (Å²) in [5, 5.41) is 7.81. The van der Waals surface area contributed by atoms with Gasteiger partial charge < -0.3 is 4.74 Å². The van der Waals surface area contributed by atoms with Crippen LogP contribution in [0.1, 0.15) is 25.0 Å². The first kappa shape index (κ1) is 31.2. The minimum absolute atomic E-state index is 0. The topological polar surface area (TPSA) is 9.23 Å². The summed E-state index contributed by atoms with van der Waals surface area (Å²) in [7, 11) is -1.67. The molecule has 0 bridgehead atoms. The first-order valence-electron chi connectivity index (χ1n) is 14.5. The summed E-state index contributed by atoms with van der Waals surface area (Å²) in [5.74, 6) is 2.03. The summed E-state index contributed by atoms with van der Waals surface area (Å²) in [6, 6.07) is 55.1. The summed E-state index contributed by atoms with van der Waals surface area (Å²) in [5.41, 5.74) is 2.28. The van der Waals surface area contributed by atoms with Crippen LogP contribution in [0.2, 0.25) is 0 Å². The van der Waals surface area contributed by atoms with Gasteiger partial charge in [-0.15, -0.1) is 0 Å². The van der Waals surface area contributed by atoms with E-state index in [1.54, 1.807) is 0 Å². The molecule has 1 aliphatic heterocycles. The Hall–Kier alpha value is -2.77. The molecule has 0 saturated heterocycles. The molecule has 6 aromatic carbocycles. The summed E-state index contributed by atoms with van der Waals surface area (Å²) < 4.78 is 8.57. The van der Waals surface area contributed by atoms with Gasteiger partial charge >= 0.3 is 17.1 Å². The van der Waals surface area contributed by atoms with Crippen LogP contribution in [-0.4, -0.2) is 0 Å². The van der Waals surface area contributed by atoms with Gasteiger partial charge in [0.05, 0.1) is 0 Å². The predicted molar refractivity (Wildman–Crippen MR) is 195 cm³/mol. The van der Waals surface area contributed by atoms with Crippen molar-refractivity contribution in [2.45, 2.75) is 19.3 Å². The third-order valence-corrected chi connectivity index (χ3v) is 13.9. The second-order valence-corrected chi connectivity index (χ2v) is 16.7. The molecule has 5 heteroatoms. The number of halogens is 1. The SMILES string of the molecule is CC1(C)c2cccc(P(c3ccccc3)c3ccccc3)c2Oc2c(P(c3ccccc3)c3ccccc3)ccc(I)c21.[Cu+]. The Morgan fingerprint density at radius 1 is 0.477 bits per heavy atom. The maximum absolute atomic E-state index is 7.33. The molecule has 0 aromatic heterocycles. The third kappa shape index (κ3) is 5.71. The van der Waals surface area contributed by atoms with E-state index in [-0.39, 0.29) is 22.5 Å². The van der Waals surface area contributed by atoms with E-state index in [0.717, 1.165) is 11.5 Å². The first-order valence-corrected chi connectivity index (χ1v) is 18.2. The van der Waals surface area contributed by atoms with Crippen LogP contribution in [0.15, 0.2) is 152 Å². The fraction of sp³-hybridized carbons (Fsp3) is 0.0769. The van der Waals surface area contributed by atoms with Gasteiger partial charge in [-0.3, -0.25) is 0 Å². The molecule has 220 valence electrons. The number of hydrogen-bond donors (Lipinski definition) is 0. The quantitative estimate of drug-likeness (QED) is 0.0944. The maximum atomic E-state index is 7.33. The average Bonchev–Trinajstić information content (AvgIpc) is 3.05. The Morgan fingerprint density at radius 3 is 1.32 bits per heavy atom. The van der Waals surface area contributed by atoms with E-state index in [1.165, 1.54) is 46.5 Å². The normalized spacial score (nSPS) is 13.0.